The van der Waals surface area contributed by atoms with E-state index >= 15 is 0 Å². The maximum absolute atomic E-state index is 12.8. The van der Waals surface area contributed by atoms with Crippen molar-refractivity contribution in [2.75, 3.05) is 38.2 Å². The van der Waals surface area contributed by atoms with Crippen LogP contribution in [0.4, 0.5) is 5.82 Å². The lowest BCUT2D eigenvalue weighted by Crippen LogP contribution is -2.47. The number of aryl methyl sites for hydroxylation is 1. The van der Waals surface area contributed by atoms with Gasteiger partial charge in [-0.1, -0.05) is 19.8 Å². The van der Waals surface area contributed by atoms with Gasteiger partial charge in [-0.2, -0.15) is 0 Å². The number of anilines is 1. The fourth-order valence-electron chi connectivity index (χ4n) is 3.36. The predicted molar refractivity (Wildman–Crippen MR) is 94.6 cm³/mol. The molecule has 1 amide bonds. The first-order valence-electron chi connectivity index (χ1n) is 9.29. The van der Waals surface area contributed by atoms with E-state index in [1.54, 1.807) is 6.07 Å². The van der Waals surface area contributed by atoms with Crippen molar-refractivity contribution in [2.45, 2.75) is 51.7 Å². The lowest BCUT2D eigenvalue weighted by atomic mass is 10.0. The quantitative estimate of drug-likeness (QED) is 0.796. The summed E-state index contributed by atoms with van der Waals surface area (Å²) in [4.78, 5) is 23.4. The summed E-state index contributed by atoms with van der Waals surface area (Å²) in [5, 5.41) is 3.30. The number of nitrogens with one attached hydrogen (secondary N) is 1. The van der Waals surface area contributed by atoms with Gasteiger partial charge in [0.25, 0.3) is 5.91 Å². The highest BCUT2D eigenvalue weighted by molar-refractivity contribution is 5.93. The third kappa shape index (κ3) is 4.46. The maximum atomic E-state index is 12.8. The SMILES string of the molecule is CCCCCNc1cc(C(=O)N2CCC3(CC2)OCCO3)nc(C)n1. The Balaban J connectivity index is 1.60. The Labute approximate surface area is 149 Å². The highest BCUT2D eigenvalue weighted by atomic mass is 16.7. The Morgan fingerprint density at radius 1 is 1.24 bits per heavy atom. The van der Waals surface area contributed by atoms with Crippen molar-refractivity contribution in [3.63, 3.8) is 0 Å². The second kappa shape index (κ2) is 8.10. The van der Waals surface area contributed by atoms with Gasteiger partial charge in [-0.3, -0.25) is 4.79 Å². The smallest absolute Gasteiger partial charge is 0.272 e. The summed E-state index contributed by atoms with van der Waals surface area (Å²) in [5.74, 6) is 0.822. The Hall–Kier alpha value is -1.73. The molecule has 2 aliphatic rings. The van der Waals surface area contributed by atoms with Crippen LogP contribution in [0.15, 0.2) is 6.07 Å². The molecule has 2 aliphatic heterocycles. The minimum Gasteiger partial charge on any atom is -0.370 e. The lowest BCUT2D eigenvalue weighted by Gasteiger charge is -2.37. The minimum absolute atomic E-state index is 0.0463. The molecule has 1 aromatic heterocycles. The van der Waals surface area contributed by atoms with E-state index < -0.39 is 5.79 Å². The van der Waals surface area contributed by atoms with E-state index in [0.717, 1.165) is 18.8 Å². The van der Waals surface area contributed by atoms with Crippen LogP contribution in [0.3, 0.4) is 0 Å². The number of rotatable bonds is 6. The number of ether oxygens (including phenoxy) is 2. The van der Waals surface area contributed by atoms with Crippen molar-refractivity contribution < 1.29 is 14.3 Å². The van der Waals surface area contributed by atoms with Crippen LogP contribution in [-0.4, -0.2) is 59.4 Å². The topological polar surface area (TPSA) is 76.6 Å². The summed E-state index contributed by atoms with van der Waals surface area (Å²) >= 11 is 0. The van der Waals surface area contributed by atoms with Gasteiger partial charge < -0.3 is 19.7 Å². The molecule has 0 aliphatic carbocycles. The predicted octanol–water partition coefficient (Wildman–Crippen LogP) is 2.37. The first kappa shape index (κ1) is 18.1. The summed E-state index contributed by atoms with van der Waals surface area (Å²) < 4.78 is 11.4. The number of amides is 1. The van der Waals surface area contributed by atoms with E-state index in [1.807, 2.05) is 11.8 Å². The van der Waals surface area contributed by atoms with Gasteiger partial charge in [0.15, 0.2) is 5.79 Å². The van der Waals surface area contributed by atoms with Crippen LogP contribution in [0.5, 0.6) is 0 Å². The molecule has 2 saturated heterocycles. The molecule has 1 N–H and O–H groups in total. The van der Waals surface area contributed by atoms with Crippen LogP contribution < -0.4 is 5.32 Å². The number of nitrogens with zero attached hydrogens (tertiary/aromatic N) is 3. The molecule has 1 spiro atoms. The molecule has 0 radical (unpaired) electrons. The van der Waals surface area contributed by atoms with Crippen LogP contribution in [-0.2, 0) is 9.47 Å². The number of hydrogen-bond donors (Lipinski definition) is 1. The van der Waals surface area contributed by atoms with Gasteiger partial charge in [0.05, 0.1) is 13.2 Å². The highest BCUT2D eigenvalue weighted by Crippen LogP contribution is 2.31. The van der Waals surface area contributed by atoms with Gasteiger partial charge in [-0.15, -0.1) is 0 Å². The first-order valence-corrected chi connectivity index (χ1v) is 9.29. The van der Waals surface area contributed by atoms with Crippen LogP contribution >= 0.6 is 0 Å². The van der Waals surface area contributed by atoms with Crippen molar-refractivity contribution in [3.05, 3.63) is 17.6 Å². The number of hydrogen-bond acceptors (Lipinski definition) is 6. The zero-order valence-corrected chi connectivity index (χ0v) is 15.2. The van der Waals surface area contributed by atoms with Gasteiger partial charge in [0.2, 0.25) is 0 Å². The van der Waals surface area contributed by atoms with Crippen molar-refractivity contribution in [3.8, 4) is 0 Å². The molecular weight excluding hydrogens is 320 g/mol. The van der Waals surface area contributed by atoms with Crippen molar-refractivity contribution in [1.29, 1.82) is 0 Å². The van der Waals surface area contributed by atoms with E-state index in [1.165, 1.54) is 12.8 Å². The van der Waals surface area contributed by atoms with Crippen LogP contribution in [0.25, 0.3) is 0 Å². The zero-order valence-electron chi connectivity index (χ0n) is 15.2. The summed E-state index contributed by atoms with van der Waals surface area (Å²) in [6.07, 6.45) is 4.88. The number of piperidine rings is 1. The summed E-state index contributed by atoms with van der Waals surface area (Å²) in [7, 11) is 0. The molecule has 0 atom stereocenters. The molecule has 2 fully saturated rings. The van der Waals surface area contributed by atoms with E-state index in [0.29, 0.717) is 50.7 Å². The largest absolute Gasteiger partial charge is 0.370 e. The molecular formula is C18H28N4O3. The summed E-state index contributed by atoms with van der Waals surface area (Å²) in [5.41, 5.74) is 0.453. The Morgan fingerprint density at radius 2 is 1.96 bits per heavy atom. The van der Waals surface area contributed by atoms with Gasteiger partial charge in [0.1, 0.15) is 17.3 Å². The second-order valence-corrected chi connectivity index (χ2v) is 6.72. The summed E-state index contributed by atoms with van der Waals surface area (Å²) in [6.45, 7) is 7.40. The molecule has 25 heavy (non-hydrogen) atoms. The number of likely N-dealkylation sites (tertiary alicyclic amines) is 1. The van der Waals surface area contributed by atoms with Gasteiger partial charge >= 0.3 is 0 Å². The minimum atomic E-state index is -0.468. The van der Waals surface area contributed by atoms with Gasteiger partial charge in [-0.05, 0) is 13.3 Å². The van der Waals surface area contributed by atoms with E-state index in [-0.39, 0.29) is 5.91 Å². The van der Waals surface area contributed by atoms with Crippen LogP contribution in [0, 0.1) is 6.92 Å². The lowest BCUT2D eigenvalue weighted by molar-refractivity contribution is -0.181. The normalized spacial score (nSPS) is 19.4. The van der Waals surface area contributed by atoms with Crippen molar-refractivity contribution in [2.24, 2.45) is 0 Å². The van der Waals surface area contributed by atoms with E-state index in [4.69, 9.17) is 9.47 Å². The number of unbranched alkanes of at least 4 members (excludes halogenated alkanes) is 2. The molecule has 0 bridgehead atoms. The van der Waals surface area contributed by atoms with E-state index in [9.17, 15) is 4.79 Å². The standard InChI is InChI=1S/C18H28N4O3/c1-3-4-5-8-19-16-13-15(20-14(2)21-16)17(23)22-9-6-18(7-10-22)24-11-12-25-18/h13H,3-12H2,1-2H3,(H,19,20,21). The molecule has 0 saturated carbocycles. The van der Waals surface area contributed by atoms with Crippen LogP contribution in [0.2, 0.25) is 0 Å². The van der Waals surface area contributed by atoms with Crippen molar-refractivity contribution >= 4 is 11.7 Å². The zero-order chi connectivity index (χ0) is 17.7. The molecule has 138 valence electrons. The maximum Gasteiger partial charge on any atom is 0.272 e. The van der Waals surface area contributed by atoms with Gasteiger partial charge in [0, 0.05) is 38.5 Å². The fourth-order valence-corrected chi connectivity index (χ4v) is 3.36. The fraction of sp³-hybridized carbons (Fsp3) is 0.722. The Bertz CT molecular complexity index is 592. The Kier molecular flexibility index (Phi) is 5.86. The number of carbonyl (C=O) groups is 1. The molecule has 7 heteroatoms. The highest BCUT2D eigenvalue weighted by Gasteiger charge is 2.41. The van der Waals surface area contributed by atoms with Crippen molar-refractivity contribution in [1.82, 2.24) is 14.9 Å². The number of carbonyl (C=O) groups excluding carboxylic acids is 1. The monoisotopic (exact) mass is 348 g/mol. The molecule has 7 nitrogen and oxygen atoms in total. The molecule has 3 heterocycles. The number of aromatic nitrogens is 2. The first-order chi connectivity index (χ1) is 12.1. The second-order valence-electron chi connectivity index (χ2n) is 6.72. The van der Waals surface area contributed by atoms with E-state index in [2.05, 4.69) is 22.2 Å². The average Bonchev–Trinajstić information content (AvgIpc) is 3.06. The molecule has 0 unspecified atom stereocenters. The molecule has 3 rings (SSSR count). The Morgan fingerprint density at radius 3 is 2.64 bits per heavy atom. The average molecular weight is 348 g/mol. The van der Waals surface area contributed by atoms with Gasteiger partial charge in [-0.25, -0.2) is 9.97 Å². The third-order valence-electron chi connectivity index (χ3n) is 4.77. The third-order valence-corrected chi connectivity index (χ3v) is 4.77. The summed E-state index contributed by atoms with van der Waals surface area (Å²) in [6, 6.07) is 1.76. The molecule has 1 aromatic rings. The van der Waals surface area contributed by atoms with Crippen LogP contribution in [0.1, 0.15) is 55.3 Å². The molecule has 0 aromatic carbocycles.